The molecule has 18 heavy (non-hydrogen) atoms. The first kappa shape index (κ1) is 15.9. The lowest BCUT2D eigenvalue weighted by molar-refractivity contribution is 0.157. The van der Waals surface area contributed by atoms with Crippen LogP contribution >= 0.6 is 28.6 Å². The summed E-state index contributed by atoms with van der Waals surface area (Å²) in [6.45, 7) is 9.34. The summed E-state index contributed by atoms with van der Waals surface area (Å²) >= 11 is 8.05. The lowest BCUT2D eigenvalue weighted by atomic mass is 9.85. The van der Waals surface area contributed by atoms with Crippen molar-refractivity contribution in [3.8, 4) is 5.75 Å². The molecule has 0 N–H and O–H groups in total. The Bertz CT molecular complexity index is 368. The molecule has 1 nitrogen and oxygen atoms in total. The second-order valence-electron chi connectivity index (χ2n) is 5.02. The lowest BCUT2D eigenvalue weighted by Gasteiger charge is -2.29. The van der Waals surface area contributed by atoms with Gasteiger partial charge in [-0.05, 0) is 55.7 Å². The van der Waals surface area contributed by atoms with Gasteiger partial charge in [-0.3, -0.25) is 0 Å². The van der Waals surface area contributed by atoms with E-state index in [-0.39, 0.29) is 5.41 Å². The first-order valence-corrected chi connectivity index (χ1v) is 7.91. The van der Waals surface area contributed by atoms with Crippen LogP contribution in [0.15, 0.2) is 16.6 Å². The standard InChI is InChI=1S/C15H23BrOS/c1-5-15(6-2,10-18)9-17-13-7-11(3)14(16)12(4)8-13/h7-8,18H,5-6,9-10H2,1-4H3. The van der Waals surface area contributed by atoms with Crippen LogP contribution in [0.2, 0.25) is 0 Å². The maximum atomic E-state index is 5.99. The zero-order valence-corrected chi connectivity index (χ0v) is 14.2. The van der Waals surface area contributed by atoms with Gasteiger partial charge in [-0.1, -0.05) is 29.8 Å². The van der Waals surface area contributed by atoms with Crippen molar-refractivity contribution in [1.29, 1.82) is 0 Å². The van der Waals surface area contributed by atoms with Crippen molar-refractivity contribution in [3.05, 3.63) is 27.7 Å². The molecule has 0 unspecified atom stereocenters. The average molecular weight is 331 g/mol. The quantitative estimate of drug-likeness (QED) is 0.707. The number of rotatable bonds is 6. The highest BCUT2D eigenvalue weighted by Crippen LogP contribution is 2.31. The fraction of sp³-hybridized carbons (Fsp3) is 0.600. The second kappa shape index (κ2) is 6.85. The zero-order valence-electron chi connectivity index (χ0n) is 11.7. The van der Waals surface area contributed by atoms with Crippen LogP contribution in [0, 0.1) is 19.3 Å². The summed E-state index contributed by atoms with van der Waals surface area (Å²) in [5.74, 6) is 1.83. The van der Waals surface area contributed by atoms with Crippen molar-refractivity contribution in [3.63, 3.8) is 0 Å². The first-order valence-electron chi connectivity index (χ1n) is 6.48. The largest absolute Gasteiger partial charge is 0.493 e. The molecule has 0 aliphatic carbocycles. The van der Waals surface area contributed by atoms with E-state index in [2.05, 4.69) is 68.4 Å². The number of hydrogen-bond acceptors (Lipinski definition) is 2. The molecule has 0 aliphatic heterocycles. The third kappa shape index (κ3) is 3.67. The Kier molecular flexibility index (Phi) is 6.06. The van der Waals surface area contributed by atoms with Gasteiger partial charge >= 0.3 is 0 Å². The highest BCUT2D eigenvalue weighted by atomic mass is 79.9. The van der Waals surface area contributed by atoms with E-state index in [1.54, 1.807) is 0 Å². The molecule has 0 saturated heterocycles. The molecule has 0 bridgehead atoms. The van der Waals surface area contributed by atoms with E-state index < -0.39 is 0 Å². The second-order valence-corrected chi connectivity index (χ2v) is 6.13. The Morgan fingerprint density at radius 2 is 1.67 bits per heavy atom. The van der Waals surface area contributed by atoms with Crippen molar-refractivity contribution in [2.45, 2.75) is 40.5 Å². The number of halogens is 1. The van der Waals surface area contributed by atoms with Gasteiger partial charge in [0, 0.05) is 9.89 Å². The Balaban J connectivity index is 2.80. The number of ether oxygens (including phenoxy) is 1. The highest BCUT2D eigenvalue weighted by Gasteiger charge is 2.25. The van der Waals surface area contributed by atoms with Crippen molar-refractivity contribution >= 4 is 28.6 Å². The summed E-state index contributed by atoms with van der Waals surface area (Å²) in [4.78, 5) is 0. The minimum absolute atomic E-state index is 0.192. The molecule has 0 heterocycles. The molecule has 1 rings (SSSR count). The van der Waals surface area contributed by atoms with Gasteiger partial charge in [0.15, 0.2) is 0 Å². The fourth-order valence-corrected chi connectivity index (χ4v) is 2.72. The smallest absolute Gasteiger partial charge is 0.119 e. The molecule has 1 aromatic carbocycles. The molecule has 0 aromatic heterocycles. The molecule has 0 atom stereocenters. The van der Waals surface area contributed by atoms with Gasteiger partial charge in [0.25, 0.3) is 0 Å². The molecule has 0 fully saturated rings. The summed E-state index contributed by atoms with van der Waals surface area (Å²) in [6.07, 6.45) is 2.20. The summed E-state index contributed by atoms with van der Waals surface area (Å²) in [6, 6.07) is 4.18. The van der Waals surface area contributed by atoms with Gasteiger partial charge < -0.3 is 4.74 Å². The number of benzene rings is 1. The Morgan fingerprint density at radius 3 is 2.06 bits per heavy atom. The molecular weight excluding hydrogens is 308 g/mol. The number of thiol groups is 1. The molecule has 0 aliphatic rings. The van der Waals surface area contributed by atoms with Crippen LogP contribution in [-0.2, 0) is 0 Å². The van der Waals surface area contributed by atoms with Crippen molar-refractivity contribution < 1.29 is 4.74 Å². The normalized spacial score (nSPS) is 11.7. The maximum Gasteiger partial charge on any atom is 0.119 e. The van der Waals surface area contributed by atoms with E-state index in [4.69, 9.17) is 4.74 Å². The van der Waals surface area contributed by atoms with Gasteiger partial charge in [0.05, 0.1) is 6.61 Å². The van der Waals surface area contributed by atoms with Crippen LogP contribution in [0.3, 0.4) is 0 Å². The molecule has 1 aromatic rings. The van der Waals surface area contributed by atoms with E-state index in [9.17, 15) is 0 Å². The SMILES string of the molecule is CCC(CC)(CS)COc1cc(C)c(Br)c(C)c1. The molecule has 0 saturated carbocycles. The van der Waals surface area contributed by atoms with Crippen LogP contribution < -0.4 is 4.74 Å². The lowest BCUT2D eigenvalue weighted by Crippen LogP contribution is -2.29. The van der Waals surface area contributed by atoms with Crippen LogP contribution in [0.25, 0.3) is 0 Å². The van der Waals surface area contributed by atoms with Crippen molar-refractivity contribution in [2.75, 3.05) is 12.4 Å². The maximum absolute atomic E-state index is 5.99. The molecule has 0 spiro atoms. The number of aryl methyl sites for hydroxylation is 2. The zero-order chi connectivity index (χ0) is 13.8. The van der Waals surface area contributed by atoms with Crippen LogP contribution in [0.1, 0.15) is 37.8 Å². The molecule has 0 radical (unpaired) electrons. The highest BCUT2D eigenvalue weighted by molar-refractivity contribution is 9.10. The van der Waals surface area contributed by atoms with Crippen molar-refractivity contribution in [2.24, 2.45) is 5.41 Å². The van der Waals surface area contributed by atoms with E-state index in [0.29, 0.717) is 0 Å². The van der Waals surface area contributed by atoms with E-state index in [1.807, 2.05) is 0 Å². The molecule has 102 valence electrons. The van der Waals surface area contributed by atoms with E-state index >= 15 is 0 Å². The monoisotopic (exact) mass is 330 g/mol. The third-order valence-corrected chi connectivity index (χ3v) is 5.71. The number of hydrogen-bond donors (Lipinski definition) is 1. The van der Waals surface area contributed by atoms with Crippen molar-refractivity contribution in [1.82, 2.24) is 0 Å². The Morgan fingerprint density at radius 1 is 1.17 bits per heavy atom. The molecule has 0 amide bonds. The van der Waals surface area contributed by atoms with Gasteiger partial charge in [-0.2, -0.15) is 12.6 Å². The summed E-state index contributed by atoms with van der Waals surface area (Å²) in [5, 5.41) is 0. The molecule has 3 heteroatoms. The summed E-state index contributed by atoms with van der Waals surface area (Å²) < 4.78 is 7.16. The molecular formula is C15H23BrOS. The van der Waals surface area contributed by atoms with Gasteiger partial charge in [0.1, 0.15) is 5.75 Å². The first-order chi connectivity index (χ1) is 8.48. The predicted molar refractivity (Wildman–Crippen MR) is 86.0 cm³/mol. The fourth-order valence-electron chi connectivity index (χ4n) is 1.95. The Labute approximate surface area is 125 Å². The van der Waals surface area contributed by atoms with Crippen LogP contribution in [0.4, 0.5) is 0 Å². The average Bonchev–Trinajstić information content (AvgIpc) is 2.38. The Hall–Kier alpha value is -0.150. The topological polar surface area (TPSA) is 9.23 Å². The van der Waals surface area contributed by atoms with Gasteiger partial charge in [0.2, 0.25) is 0 Å². The summed E-state index contributed by atoms with van der Waals surface area (Å²) in [7, 11) is 0. The van der Waals surface area contributed by atoms with Crippen LogP contribution in [-0.4, -0.2) is 12.4 Å². The summed E-state index contributed by atoms with van der Waals surface area (Å²) in [5.41, 5.74) is 2.63. The van der Waals surface area contributed by atoms with Gasteiger partial charge in [-0.15, -0.1) is 0 Å². The minimum Gasteiger partial charge on any atom is -0.493 e. The third-order valence-electron chi connectivity index (χ3n) is 3.79. The van der Waals surface area contributed by atoms with Gasteiger partial charge in [-0.25, -0.2) is 0 Å². The van der Waals surface area contributed by atoms with Crippen LogP contribution in [0.5, 0.6) is 5.75 Å². The predicted octanol–water partition coefficient (Wildman–Crippen LogP) is 5.18. The van der Waals surface area contributed by atoms with E-state index in [0.717, 1.165) is 31.0 Å². The van der Waals surface area contributed by atoms with E-state index in [1.165, 1.54) is 15.6 Å². The minimum atomic E-state index is 0.192.